The number of carbonyl (C=O) groups excluding carboxylic acids is 1. The highest BCUT2D eigenvalue weighted by Gasteiger charge is 2.17. The molecule has 0 unspecified atom stereocenters. The number of nitrogens with zero attached hydrogens (tertiary/aromatic N) is 1. The summed E-state index contributed by atoms with van der Waals surface area (Å²) in [6.45, 7) is 0.320. The maximum atomic E-state index is 12.6. The summed E-state index contributed by atoms with van der Waals surface area (Å²) in [7, 11) is 0. The Morgan fingerprint density at radius 1 is 0.962 bits per heavy atom. The van der Waals surface area contributed by atoms with Gasteiger partial charge in [-0.05, 0) is 24.3 Å². The average molecular weight is 344 g/mol. The summed E-state index contributed by atoms with van der Waals surface area (Å²) < 4.78 is 11.1. The number of furan rings is 1. The molecule has 4 rings (SSSR count). The topological polar surface area (TPSA) is 68.3 Å². The van der Waals surface area contributed by atoms with Gasteiger partial charge < -0.3 is 14.2 Å². The highest BCUT2D eigenvalue weighted by molar-refractivity contribution is 5.99. The summed E-state index contributed by atoms with van der Waals surface area (Å²) in [5.74, 6) is 1.55. The van der Waals surface area contributed by atoms with Gasteiger partial charge in [-0.3, -0.25) is 4.79 Å². The van der Waals surface area contributed by atoms with Crippen LogP contribution in [0, 0.1) is 0 Å². The number of nitrogens with one attached hydrogen (secondary N) is 1. The molecule has 0 fully saturated rings. The van der Waals surface area contributed by atoms with Gasteiger partial charge in [-0.15, -0.1) is 0 Å². The van der Waals surface area contributed by atoms with E-state index in [2.05, 4.69) is 10.3 Å². The molecule has 5 heteroatoms. The number of amides is 1. The molecule has 4 aromatic rings. The van der Waals surface area contributed by atoms with Crippen LogP contribution in [0.15, 0.2) is 88.0 Å². The molecule has 1 N–H and O–H groups in total. The molecule has 5 nitrogen and oxygen atoms in total. The molecule has 0 aliphatic rings. The van der Waals surface area contributed by atoms with Crippen LogP contribution in [0.25, 0.3) is 22.8 Å². The van der Waals surface area contributed by atoms with E-state index in [1.807, 2.05) is 54.6 Å². The van der Waals surface area contributed by atoms with Gasteiger partial charge in [0.05, 0.1) is 24.6 Å². The van der Waals surface area contributed by atoms with E-state index in [0.29, 0.717) is 35.1 Å². The third kappa shape index (κ3) is 3.28. The van der Waals surface area contributed by atoms with Crippen molar-refractivity contribution in [3.8, 4) is 22.8 Å². The van der Waals surface area contributed by atoms with E-state index in [-0.39, 0.29) is 5.91 Å². The number of aromatic nitrogens is 1. The largest absolute Gasteiger partial charge is 0.467 e. The molecule has 0 bridgehead atoms. The van der Waals surface area contributed by atoms with Crippen molar-refractivity contribution in [3.63, 3.8) is 0 Å². The van der Waals surface area contributed by atoms with Gasteiger partial charge in [0.2, 0.25) is 5.89 Å². The lowest BCUT2D eigenvalue weighted by atomic mass is 10.1. The first-order chi connectivity index (χ1) is 12.8. The van der Waals surface area contributed by atoms with Crippen molar-refractivity contribution in [1.29, 1.82) is 0 Å². The van der Waals surface area contributed by atoms with Gasteiger partial charge in [0, 0.05) is 11.1 Å². The number of carbonyl (C=O) groups is 1. The first kappa shape index (κ1) is 15.9. The van der Waals surface area contributed by atoms with Crippen LogP contribution in [0.3, 0.4) is 0 Å². The van der Waals surface area contributed by atoms with Crippen molar-refractivity contribution in [2.24, 2.45) is 0 Å². The minimum Gasteiger partial charge on any atom is -0.467 e. The second-order valence-electron chi connectivity index (χ2n) is 5.70. The fourth-order valence-electron chi connectivity index (χ4n) is 2.68. The molecule has 0 saturated heterocycles. The number of hydrogen-bond acceptors (Lipinski definition) is 4. The normalized spacial score (nSPS) is 10.6. The first-order valence-electron chi connectivity index (χ1n) is 8.22. The number of oxazole rings is 1. The van der Waals surface area contributed by atoms with Crippen molar-refractivity contribution in [3.05, 3.63) is 90.5 Å². The lowest BCUT2D eigenvalue weighted by Gasteiger charge is -2.07. The molecule has 2 aromatic heterocycles. The predicted molar refractivity (Wildman–Crippen MR) is 97.3 cm³/mol. The molecule has 0 aliphatic carbocycles. The van der Waals surface area contributed by atoms with E-state index in [1.165, 1.54) is 0 Å². The smallest absolute Gasteiger partial charge is 0.252 e. The quantitative estimate of drug-likeness (QED) is 0.577. The molecule has 0 radical (unpaired) electrons. The van der Waals surface area contributed by atoms with Crippen molar-refractivity contribution < 1.29 is 13.6 Å². The van der Waals surface area contributed by atoms with Crippen LogP contribution in [0.4, 0.5) is 0 Å². The first-order valence-corrected chi connectivity index (χ1v) is 8.22. The Balaban J connectivity index is 1.60. The fourth-order valence-corrected chi connectivity index (χ4v) is 2.68. The van der Waals surface area contributed by atoms with Crippen molar-refractivity contribution >= 4 is 5.91 Å². The second kappa shape index (κ2) is 7.11. The molecule has 1 amide bonds. The average Bonchev–Trinajstić information content (AvgIpc) is 3.39. The summed E-state index contributed by atoms with van der Waals surface area (Å²) in [5, 5.41) is 2.85. The van der Waals surface area contributed by atoms with Crippen LogP contribution in [-0.4, -0.2) is 10.9 Å². The summed E-state index contributed by atoms with van der Waals surface area (Å²) in [6, 6.07) is 20.6. The van der Waals surface area contributed by atoms with Crippen molar-refractivity contribution in [1.82, 2.24) is 10.3 Å². The van der Waals surface area contributed by atoms with Gasteiger partial charge in [0.15, 0.2) is 5.76 Å². The summed E-state index contributed by atoms with van der Waals surface area (Å²) in [5.41, 5.74) is 2.08. The standard InChI is InChI=1S/C21H16N2O3/c24-20(22-13-16-9-6-12-25-16)17-10-4-5-11-18(17)21-23-14-19(26-21)15-7-2-1-3-8-15/h1-12,14H,13H2,(H,22,24). The third-order valence-electron chi connectivity index (χ3n) is 3.97. The Labute approximate surface area is 150 Å². The van der Waals surface area contributed by atoms with Gasteiger partial charge in [0.25, 0.3) is 5.91 Å². The summed E-state index contributed by atoms with van der Waals surface area (Å²) in [4.78, 5) is 16.9. The zero-order chi connectivity index (χ0) is 17.8. The molecule has 128 valence electrons. The molecule has 26 heavy (non-hydrogen) atoms. The Morgan fingerprint density at radius 2 is 1.77 bits per heavy atom. The van der Waals surface area contributed by atoms with E-state index in [1.54, 1.807) is 24.6 Å². The van der Waals surface area contributed by atoms with Crippen LogP contribution in [0.2, 0.25) is 0 Å². The van der Waals surface area contributed by atoms with E-state index in [9.17, 15) is 4.79 Å². The predicted octanol–water partition coefficient (Wildman–Crippen LogP) is 4.53. The van der Waals surface area contributed by atoms with Crippen molar-refractivity contribution in [2.75, 3.05) is 0 Å². The third-order valence-corrected chi connectivity index (χ3v) is 3.97. The van der Waals surface area contributed by atoms with Gasteiger partial charge in [-0.1, -0.05) is 42.5 Å². The maximum Gasteiger partial charge on any atom is 0.252 e. The van der Waals surface area contributed by atoms with Crippen LogP contribution in [0.5, 0.6) is 0 Å². The molecule has 0 atom stereocenters. The highest BCUT2D eigenvalue weighted by Crippen LogP contribution is 2.28. The molecule has 0 spiro atoms. The highest BCUT2D eigenvalue weighted by atomic mass is 16.4. The Kier molecular flexibility index (Phi) is 4.35. The Hall–Kier alpha value is -3.60. The molecule has 2 aromatic carbocycles. The molecular formula is C21H16N2O3. The van der Waals surface area contributed by atoms with Gasteiger partial charge >= 0.3 is 0 Å². The SMILES string of the molecule is O=C(NCc1ccco1)c1ccccc1-c1ncc(-c2ccccc2)o1. The molecule has 0 aliphatic heterocycles. The summed E-state index contributed by atoms with van der Waals surface area (Å²) in [6.07, 6.45) is 3.25. The van der Waals surface area contributed by atoms with Crippen LogP contribution >= 0.6 is 0 Å². The number of hydrogen-bond donors (Lipinski definition) is 1. The number of benzene rings is 2. The van der Waals surface area contributed by atoms with Crippen molar-refractivity contribution in [2.45, 2.75) is 6.54 Å². The monoisotopic (exact) mass is 344 g/mol. The van der Waals surface area contributed by atoms with Crippen LogP contribution in [-0.2, 0) is 6.54 Å². The van der Waals surface area contributed by atoms with Gasteiger partial charge in [-0.25, -0.2) is 4.98 Å². The summed E-state index contributed by atoms with van der Waals surface area (Å²) >= 11 is 0. The van der Waals surface area contributed by atoms with E-state index in [0.717, 1.165) is 5.56 Å². The van der Waals surface area contributed by atoms with Gasteiger partial charge in [0.1, 0.15) is 5.76 Å². The minimum absolute atomic E-state index is 0.212. The zero-order valence-corrected chi connectivity index (χ0v) is 13.9. The van der Waals surface area contributed by atoms with E-state index >= 15 is 0 Å². The van der Waals surface area contributed by atoms with Crippen LogP contribution in [0.1, 0.15) is 16.1 Å². The van der Waals surface area contributed by atoms with E-state index in [4.69, 9.17) is 8.83 Å². The maximum absolute atomic E-state index is 12.6. The zero-order valence-electron chi connectivity index (χ0n) is 13.9. The minimum atomic E-state index is -0.212. The second-order valence-corrected chi connectivity index (χ2v) is 5.70. The fraction of sp³-hybridized carbons (Fsp3) is 0.0476. The van der Waals surface area contributed by atoms with E-state index < -0.39 is 0 Å². The van der Waals surface area contributed by atoms with Crippen LogP contribution < -0.4 is 5.32 Å². The lowest BCUT2D eigenvalue weighted by molar-refractivity contribution is 0.0948. The molecule has 0 saturated carbocycles. The number of rotatable bonds is 5. The lowest BCUT2D eigenvalue weighted by Crippen LogP contribution is -2.23. The molecule has 2 heterocycles. The Bertz CT molecular complexity index is 1000. The molecular weight excluding hydrogens is 328 g/mol. The Morgan fingerprint density at radius 3 is 2.58 bits per heavy atom. The van der Waals surface area contributed by atoms with Gasteiger partial charge in [-0.2, -0.15) is 0 Å².